The van der Waals surface area contributed by atoms with E-state index in [2.05, 4.69) is 10.6 Å². The molecule has 1 fully saturated rings. The van der Waals surface area contributed by atoms with E-state index in [0.29, 0.717) is 30.5 Å². The normalized spacial score (nSPS) is 17.7. The second-order valence-electron chi connectivity index (χ2n) is 10.8. The topological polar surface area (TPSA) is 89.6 Å². The largest absolute Gasteiger partial charge is 0.497 e. The summed E-state index contributed by atoms with van der Waals surface area (Å²) in [5.41, 5.74) is 2.55. The second kappa shape index (κ2) is 11.6. The SMILES string of the molecule is COc1cccc(-c2cc(C(=O)NCC3CCC(CNC(=O)OC(C)(C)C)CC3)c3ccccc3n2)c1. The third kappa shape index (κ3) is 7.21. The van der Waals surface area contributed by atoms with Crippen LogP contribution in [0.5, 0.6) is 5.75 Å². The van der Waals surface area contributed by atoms with E-state index in [0.717, 1.165) is 53.6 Å². The Morgan fingerprint density at radius 3 is 2.27 bits per heavy atom. The number of alkyl carbamates (subject to hydrolysis) is 1. The van der Waals surface area contributed by atoms with Crippen molar-refractivity contribution in [2.24, 2.45) is 11.8 Å². The van der Waals surface area contributed by atoms with Crippen molar-refractivity contribution in [2.45, 2.75) is 52.1 Å². The van der Waals surface area contributed by atoms with Crippen molar-refractivity contribution in [3.63, 3.8) is 0 Å². The average Bonchev–Trinajstić information content (AvgIpc) is 2.89. The van der Waals surface area contributed by atoms with Crippen LogP contribution in [0.25, 0.3) is 22.2 Å². The summed E-state index contributed by atoms with van der Waals surface area (Å²) in [5, 5.41) is 6.90. The summed E-state index contributed by atoms with van der Waals surface area (Å²) in [6.07, 6.45) is 3.73. The molecule has 4 rings (SSSR count). The number of ether oxygens (including phenoxy) is 2. The number of pyridine rings is 1. The quantitative estimate of drug-likeness (QED) is 0.415. The van der Waals surface area contributed by atoms with Crippen LogP contribution in [0.1, 0.15) is 56.8 Å². The number of fused-ring (bicyclic) bond motifs is 1. The lowest BCUT2D eigenvalue weighted by Crippen LogP contribution is -2.37. The van der Waals surface area contributed by atoms with Gasteiger partial charge in [-0.3, -0.25) is 4.79 Å². The number of amides is 2. The van der Waals surface area contributed by atoms with E-state index >= 15 is 0 Å². The lowest BCUT2D eigenvalue weighted by atomic mass is 9.82. The van der Waals surface area contributed by atoms with Gasteiger partial charge in [-0.25, -0.2) is 9.78 Å². The predicted octanol–water partition coefficient (Wildman–Crippen LogP) is 5.97. The molecule has 196 valence electrons. The van der Waals surface area contributed by atoms with E-state index in [4.69, 9.17) is 14.5 Å². The molecule has 1 aliphatic rings. The zero-order valence-corrected chi connectivity index (χ0v) is 22.2. The lowest BCUT2D eigenvalue weighted by molar-refractivity contribution is 0.0512. The highest BCUT2D eigenvalue weighted by molar-refractivity contribution is 6.07. The minimum absolute atomic E-state index is 0.0866. The van der Waals surface area contributed by atoms with Crippen molar-refractivity contribution in [2.75, 3.05) is 20.2 Å². The maximum atomic E-state index is 13.3. The molecule has 37 heavy (non-hydrogen) atoms. The van der Waals surface area contributed by atoms with E-state index in [1.807, 2.05) is 75.4 Å². The predicted molar refractivity (Wildman–Crippen MR) is 146 cm³/mol. The van der Waals surface area contributed by atoms with E-state index in [-0.39, 0.29) is 12.0 Å². The third-order valence-electron chi connectivity index (χ3n) is 6.78. The van der Waals surface area contributed by atoms with Gasteiger partial charge in [0.2, 0.25) is 0 Å². The van der Waals surface area contributed by atoms with Crippen molar-refractivity contribution in [1.82, 2.24) is 15.6 Å². The Balaban J connectivity index is 1.36. The molecule has 2 amide bonds. The van der Waals surface area contributed by atoms with Gasteiger partial charge in [-0.15, -0.1) is 0 Å². The second-order valence-corrected chi connectivity index (χ2v) is 10.8. The minimum Gasteiger partial charge on any atom is -0.497 e. The number of benzene rings is 2. The van der Waals surface area contributed by atoms with Crippen molar-refractivity contribution in [3.05, 3.63) is 60.2 Å². The Morgan fingerprint density at radius 1 is 0.919 bits per heavy atom. The van der Waals surface area contributed by atoms with Crippen molar-refractivity contribution < 1.29 is 19.1 Å². The average molecular weight is 504 g/mol. The molecule has 0 spiro atoms. The molecule has 1 aliphatic carbocycles. The number of hydrogen-bond acceptors (Lipinski definition) is 5. The highest BCUT2D eigenvalue weighted by atomic mass is 16.6. The number of rotatable bonds is 7. The fourth-order valence-electron chi connectivity index (χ4n) is 4.81. The molecule has 1 aromatic heterocycles. The van der Waals surface area contributed by atoms with Crippen LogP contribution in [0.3, 0.4) is 0 Å². The van der Waals surface area contributed by atoms with Gasteiger partial charge in [0.25, 0.3) is 5.91 Å². The Morgan fingerprint density at radius 2 is 1.59 bits per heavy atom. The fourth-order valence-corrected chi connectivity index (χ4v) is 4.81. The molecule has 7 heteroatoms. The highest BCUT2D eigenvalue weighted by Crippen LogP contribution is 2.29. The van der Waals surface area contributed by atoms with Gasteiger partial charge < -0.3 is 20.1 Å². The molecular weight excluding hydrogens is 466 g/mol. The minimum atomic E-state index is -0.491. The number of carbonyl (C=O) groups excluding carboxylic acids is 2. The van der Waals surface area contributed by atoms with Gasteiger partial charge in [-0.1, -0.05) is 30.3 Å². The summed E-state index contributed by atoms with van der Waals surface area (Å²) in [4.78, 5) is 30.1. The molecule has 0 unspecified atom stereocenters. The molecule has 1 saturated carbocycles. The number of aromatic nitrogens is 1. The monoisotopic (exact) mass is 503 g/mol. The summed E-state index contributed by atoms with van der Waals surface area (Å²) < 4.78 is 10.7. The van der Waals surface area contributed by atoms with Crippen LogP contribution in [-0.4, -0.2) is 42.8 Å². The lowest BCUT2D eigenvalue weighted by Gasteiger charge is -2.29. The summed E-state index contributed by atoms with van der Waals surface area (Å²) in [5.74, 6) is 1.52. The highest BCUT2D eigenvalue weighted by Gasteiger charge is 2.24. The van der Waals surface area contributed by atoms with Crippen molar-refractivity contribution >= 4 is 22.9 Å². The van der Waals surface area contributed by atoms with Gasteiger partial charge in [-0.2, -0.15) is 0 Å². The number of carbonyl (C=O) groups is 2. The number of methoxy groups -OCH3 is 1. The number of nitrogens with zero attached hydrogens (tertiary/aromatic N) is 1. The first-order valence-electron chi connectivity index (χ1n) is 13.0. The Bertz CT molecular complexity index is 1240. The van der Waals surface area contributed by atoms with Gasteiger partial charge in [-0.05, 0) is 82.6 Å². The molecule has 2 aromatic carbocycles. The molecule has 0 atom stereocenters. The Kier molecular flexibility index (Phi) is 8.31. The van der Waals surface area contributed by atoms with Crippen molar-refractivity contribution in [1.29, 1.82) is 0 Å². The van der Waals surface area contributed by atoms with Crippen LogP contribution < -0.4 is 15.4 Å². The molecule has 0 saturated heterocycles. The van der Waals surface area contributed by atoms with E-state index in [9.17, 15) is 9.59 Å². The molecule has 2 N–H and O–H groups in total. The third-order valence-corrected chi connectivity index (χ3v) is 6.78. The van der Waals surface area contributed by atoms with Crippen LogP contribution >= 0.6 is 0 Å². The zero-order valence-electron chi connectivity index (χ0n) is 22.2. The molecule has 0 bridgehead atoms. The van der Waals surface area contributed by atoms with E-state index in [1.54, 1.807) is 7.11 Å². The first kappa shape index (κ1) is 26.5. The standard InChI is InChI=1S/C30H37N3O4/c1-30(2,3)37-29(35)32-19-21-14-12-20(13-15-21)18-31-28(34)25-17-27(22-8-7-9-23(16-22)36-4)33-26-11-6-5-10-24(25)26/h5-11,16-17,20-21H,12-15,18-19H2,1-4H3,(H,31,34)(H,32,35). The first-order chi connectivity index (χ1) is 17.7. The number of hydrogen-bond donors (Lipinski definition) is 2. The van der Waals surface area contributed by atoms with Crippen LogP contribution in [0.2, 0.25) is 0 Å². The molecule has 0 aliphatic heterocycles. The molecule has 3 aromatic rings. The Hall–Kier alpha value is -3.61. The molecule has 7 nitrogen and oxygen atoms in total. The smallest absolute Gasteiger partial charge is 0.407 e. The van der Waals surface area contributed by atoms with Crippen LogP contribution in [-0.2, 0) is 4.74 Å². The van der Waals surface area contributed by atoms with E-state index < -0.39 is 5.60 Å². The summed E-state index contributed by atoms with van der Waals surface area (Å²) in [6, 6.07) is 17.3. The summed E-state index contributed by atoms with van der Waals surface area (Å²) in [6.45, 7) is 6.85. The summed E-state index contributed by atoms with van der Waals surface area (Å²) in [7, 11) is 1.64. The van der Waals surface area contributed by atoms with Gasteiger partial charge in [0.05, 0.1) is 23.9 Å². The maximum Gasteiger partial charge on any atom is 0.407 e. The van der Waals surface area contributed by atoms with Crippen LogP contribution in [0.4, 0.5) is 4.79 Å². The van der Waals surface area contributed by atoms with Crippen molar-refractivity contribution in [3.8, 4) is 17.0 Å². The molecule has 1 heterocycles. The van der Waals surface area contributed by atoms with Gasteiger partial charge in [0.1, 0.15) is 11.4 Å². The van der Waals surface area contributed by atoms with Gasteiger partial charge in [0.15, 0.2) is 0 Å². The van der Waals surface area contributed by atoms with Gasteiger partial charge in [0, 0.05) is 24.0 Å². The first-order valence-corrected chi connectivity index (χ1v) is 13.0. The fraction of sp³-hybridized carbons (Fsp3) is 0.433. The molecule has 0 radical (unpaired) electrons. The maximum absolute atomic E-state index is 13.3. The Labute approximate surface area is 219 Å². The van der Waals surface area contributed by atoms with Gasteiger partial charge >= 0.3 is 6.09 Å². The van der Waals surface area contributed by atoms with E-state index in [1.165, 1.54) is 0 Å². The van der Waals surface area contributed by atoms with Crippen LogP contribution in [0.15, 0.2) is 54.6 Å². The van der Waals surface area contributed by atoms with Crippen LogP contribution in [0, 0.1) is 11.8 Å². The number of nitrogens with one attached hydrogen (secondary N) is 2. The zero-order chi connectivity index (χ0) is 26.4. The number of para-hydroxylation sites is 1. The molecular formula is C30H37N3O4. The summed E-state index contributed by atoms with van der Waals surface area (Å²) >= 11 is 0.